The van der Waals surface area contributed by atoms with Crippen LogP contribution in [0.1, 0.15) is 6.42 Å². The number of primary amides is 1. The van der Waals surface area contributed by atoms with Crippen molar-refractivity contribution >= 4 is 28.9 Å². The maximum atomic E-state index is 10.7. The van der Waals surface area contributed by atoms with E-state index in [4.69, 9.17) is 17.3 Å². The number of nitrogens with zero attached hydrogens (tertiary/aromatic N) is 1. The largest absolute Gasteiger partial charge is 0.379 e. The van der Waals surface area contributed by atoms with Crippen LogP contribution in [0.2, 0.25) is 5.02 Å². The van der Waals surface area contributed by atoms with Crippen molar-refractivity contribution < 1.29 is 9.72 Å². The predicted molar refractivity (Wildman–Crippen MR) is 60.4 cm³/mol. The Morgan fingerprint density at radius 1 is 1.56 bits per heavy atom. The van der Waals surface area contributed by atoms with Gasteiger partial charge in [0, 0.05) is 13.0 Å². The molecule has 3 N–H and O–H groups in total. The molecule has 0 fully saturated rings. The summed E-state index contributed by atoms with van der Waals surface area (Å²) in [5.41, 5.74) is 5.02. The average Bonchev–Trinajstić information content (AvgIpc) is 2.16. The second-order valence-electron chi connectivity index (χ2n) is 3.04. The molecule has 1 rings (SSSR count). The highest BCUT2D eigenvalue weighted by molar-refractivity contribution is 6.33. The monoisotopic (exact) mass is 243 g/mol. The topological polar surface area (TPSA) is 98.3 Å². The van der Waals surface area contributed by atoms with Crippen LogP contribution in [0.3, 0.4) is 0 Å². The Morgan fingerprint density at radius 2 is 2.25 bits per heavy atom. The maximum Gasteiger partial charge on any atom is 0.310 e. The van der Waals surface area contributed by atoms with Gasteiger partial charge in [0.15, 0.2) is 0 Å². The minimum absolute atomic E-state index is 0.0501. The highest BCUT2D eigenvalue weighted by atomic mass is 35.5. The minimum Gasteiger partial charge on any atom is -0.379 e. The number of anilines is 1. The smallest absolute Gasteiger partial charge is 0.310 e. The number of rotatable bonds is 5. The molecular weight excluding hydrogens is 234 g/mol. The van der Waals surface area contributed by atoms with Gasteiger partial charge in [-0.15, -0.1) is 0 Å². The van der Waals surface area contributed by atoms with Gasteiger partial charge in [-0.25, -0.2) is 0 Å². The van der Waals surface area contributed by atoms with Gasteiger partial charge in [-0.3, -0.25) is 14.9 Å². The molecule has 1 aromatic carbocycles. The first-order chi connectivity index (χ1) is 7.52. The number of nitrogens with one attached hydrogen (secondary N) is 1. The van der Waals surface area contributed by atoms with Crippen LogP contribution in [0, 0.1) is 10.1 Å². The Hall–Kier alpha value is -1.82. The van der Waals surface area contributed by atoms with Gasteiger partial charge in [-0.1, -0.05) is 17.7 Å². The summed E-state index contributed by atoms with van der Waals surface area (Å²) in [5.74, 6) is -0.475. The van der Waals surface area contributed by atoms with Crippen LogP contribution in [0.15, 0.2) is 18.2 Å². The second kappa shape index (κ2) is 5.32. The van der Waals surface area contributed by atoms with Crippen LogP contribution in [0.5, 0.6) is 0 Å². The molecule has 0 aliphatic heterocycles. The van der Waals surface area contributed by atoms with Crippen LogP contribution >= 0.6 is 11.6 Å². The van der Waals surface area contributed by atoms with Crippen LogP contribution < -0.4 is 11.1 Å². The maximum absolute atomic E-state index is 10.7. The Balaban J connectivity index is 2.83. The van der Waals surface area contributed by atoms with Gasteiger partial charge in [0.25, 0.3) is 0 Å². The van der Waals surface area contributed by atoms with E-state index in [2.05, 4.69) is 5.32 Å². The molecule has 0 saturated heterocycles. The first-order valence-electron chi connectivity index (χ1n) is 4.47. The second-order valence-corrected chi connectivity index (χ2v) is 3.44. The van der Waals surface area contributed by atoms with Gasteiger partial charge in [0.1, 0.15) is 10.7 Å². The number of para-hydroxylation sites is 1. The lowest BCUT2D eigenvalue weighted by Crippen LogP contribution is -2.16. The van der Waals surface area contributed by atoms with E-state index >= 15 is 0 Å². The third-order valence-corrected chi connectivity index (χ3v) is 2.16. The zero-order valence-electron chi connectivity index (χ0n) is 8.27. The van der Waals surface area contributed by atoms with Gasteiger partial charge < -0.3 is 11.1 Å². The van der Waals surface area contributed by atoms with E-state index in [1.165, 1.54) is 12.1 Å². The first kappa shape index (κ1) is 12.3. The molecule has 0 saturated carbocycles. The summed E-state index contributed by atoms with van der Waals surface area (Å²) >= 11 is 5.69. The van der Waals surface area contributed by atoms with Gasteiger partial charge in [-0.2, -0.15) is 0 Å². The van der Waals surface area contributed by atoms with Gasteiger partial charge in [0.2, 0.25) is 5.91 Å². The zero-order chi connectivity index (χ0) is 12.1. The number of amides is 1. The van der Waals surface area contributed by atoms with Crippen molar-refractivity contribution in [3.63, 3.8) is 0 Å². The lowest BCUT2D eigenvalue weighted by molar-refractivity contribution is -0.383. The molecule has 1 aromatic rings. The number of nitrogens with two attached hydrogens (primary N) is 1. The number of nitro groups is 1. The summed E-state index contributed by atoms with van der Waals surface area (Å²) in [5, 5.41) is 13.5. The number of hydrogen-bond donors (Lipinski definition) is 2. The molecule has 0 bridgehead atoms. The van der Waals surface area contributed by atoms with E-state index in [0.29, 0.717) is 0 Å². The molecule has 1 amide bonds. The Morgan fingerprint density at radius 3 is 2.81 bits per heavy atom. The van der Waals surface area contributed by atoms with E-state index in [1.807, 2.05) is 0 Å². The van der Waals surface area contributed by atoms with Crippen molar-refractivity contribution in [2.24, 2.45) is 5.73 Å². The van der Waals surface area contributed by atoms with Crippen molar-refractivity contribution in [2.75, 3.05) is 11.9 Å². The summed E-state index contributed by atoms with van der Waals surface area (Å²) in [6, 6.07) is 4.53. The summed E-state index contributed by atoms with van der Waals surface area (Å²) in [6.45, 7) is 0.233. The summed E-state index contributed by atoms with van der Waals surface area (Å²) in [4.78, 5) is 20.7. The number of carbonyl (C=O) groups is 1. The highest BCUT2D eigenvalue weighted by Crippen LogP contribution is 2.31. The van der Waals surface area contributed by atoms with Crippen molar-refractivity contribution in [3.05, 3.63) is 33.3 Å². The molecule has 0 aliphatic rings. The fraction of sp³-hybridized carbons (Fsp3) is 0.222. The lowest BCUT2D eigenvalue weighted by Gasteiger charge is -2.06. The molecule has 16 heavy (non-hydrogen) atoms. The Bertz CT molecular complexity index is 422. The third kappa shape index (κ3) is 3.09. The van der Waals surface area contributed by atoms with E-state index < -0.39 is 10.8 Å². The third-order valence-electron chi connectivity index (χ3n) is 1.86. The fourth-order valence-electron chi connectivity index (χ4n) is 1.16. The summed E-state index contributed by atoms with van der Waals surface area (Å²) in [6.07, 6.45) is 0.101. The zero-order valence-corrected chi connectivity index (χ0v) is 9.03. The molecule has 0 atom stereocenters. The van der Waals surface area contributed by atoms with Crippen LogP contribution in [-0.4, -0.2) is 17.4 Å². The van der Waals surface area contributed by atoms with Crippen LogP contribution in [-0.2, 0) is 4.79 Å². The van der Waals surface area contributed by atoms with Crippen molar-refractivity contribution in [1.82, 2.24) is 0 Å². The highest BCUT2D eigenvalue weighted by Gasteiger charge is 2.17. The molecule has 0 heterocycles. The molecule has 0 spiro atoms. The normalized spacial score (nSPS) is 9.81. The predicted octanol–water partition coefficient (Wildman–Crippen LogP) is 1.54. The molecular formula is C9H10ClN3O3. The molecule has 0 unspecified atom stereocenters. The van der Waals surface area contributed by atoms with E-state index in [9.17, 15) is 14.9 Å². The number of nitro benzene ring substituents is 1. The van der Waals surface area contributed by atoms with E-state index in [0.717, 1.165) is 0 Å². The number of benzene rings is 1. The average molecular weight is 244 g/mol. The SMILES string of the molecule is NC(=O)CCNc1cccc(Cl)c1[N+](=O)[O-]. The summed E-state index contributed by atoms with van der Waals surface area (Å²) < 4.78 is 0. The molecule has 6 nitrogen and oxygen atoms in total. The first-order valence-corrected chi connectivity index (χ1v) is 4.85. The van der Waals surface area contributed by atoms with Crippen LogP contribution in [0.25, 0.3) is 0 Å². The van der Waals surface area contributed by atoms with Gasteiger partial charge in [0.05, 0.1) is 4.92 Å². The van der Waals surface area contributed by atoms with E-state index in [-0.39, 0.29) is 29.4 Å². The molecule has 0 radical (unpaired) electrons. The Labute approximate surface area is 96.5 Å². The molecule has 7 heteroatoms. The minimum atomic E-state index is -0.574. The number of hydrogen-bond acceptors (Lipinski definition) is 4. The Kier molecular flexibility index (Phi) is 4.07. The standard InChI is InChI=1S/C9H10ClN3O3/c10-6-2-1-3-7(9(6)13(15)16)12-5-4-8(11)14/h1-3,12H,4-5H2,(H2,11,14). The lowest BCUT2D eigenvalue weighted by atomic mass is 10.2. The fourth-order valence-corrected chi connectivity index (χ4v) is 1.41. The summed E-state index contributed by atoms with van der Waals surface area (Å²) in [7, 11) is 0. The quantitative estimate of drug-likeness (QED) is 0.605. The molecule has 0 aromatic heterocycles. The molecule has 0 aliphatic carbocycles. The number of carbonyl (C=O) groups excluding carboxylic acids is 1. The van der Waals surface area contributed by atoms with Crippen molar-refractivity contribution in [2.45, 2.75) is 6.42 Å². The van der Waals surface area contributed by atoms with Crippen molar-refractivity contribution in [1.29, 1.82) is 0 Å². The number of halogens is 1. The van der Waals surface area contributed by atoms with Crippen LogP contribution in [0.4, 0.5) is 11.4 Å². The van der Waals surface area contributed by atoms with E-state index in [1.54, 1.807) is 6.07 Å². The van der Waals surface area contributed by atoms with Gasteiger partial charge in [-0.05, 0) is 12.1 Å². The van der Waals surface area contributed by atoms with Gasteiger partial charge >= 0.3 is 5.69 Å². The molecule has 86 valence electrons. The van der Waals surface area contributed by atoms with Crippen molar-refractivity contribution in [3.8, 4) is 0 Å².